The molecule has 1 aromatic carbocycles. The molecule has 2 rings (SSSR count). The lowest BCUT2D eigenvalue weighted by molar-refractivity contribution is -0.143. The van der Waals surface area contributed by atoms with E-state index in [0.29, 0.717) is 0 Å². The first-order valence-electron chi connectivity index (χ1n) is 8.53. The Hall–Kier alpha value is -2.57. The number of nitrogens with one attached hydrogen (secondary N) is 2. The van der Waals surface area contributed by atoms with Crippen molar-refractivity contribution in [3.05, 3.63) is 35.9 Å². The highest BCUT2D eigenvalue weighted by Gasteiger charge is 2.30. The zero-order chi connectivity index (χ0) is 18.1. The molecular weight excluding hydrogens is 324 g/mol. The molecule has 1 fully saturated rings. The van der Waals surface area contributed by atoms with Crippen molar-refractivity contribution in [2.24, 2.45) is 5.92 Å². The molecule has 1 aliphatic carbocycles. The smallest absolute Gasteiger partial charge is 0.407 e. The summed E-state index contributed by atoms with van der Waals surface area (Å²) in [6.07, 6.45) is 3.94. The molecule has 3 N–H and O–H groups in total. The van der Waals surface area contributed by atoms with Gasteiger partial charge in [0.15, 0.2) is 0 Å². The zero-order valence-corrected chi connectivity index (χ0v) is 14.1. The molecule has 0 aliphatic heterocycles. The molecule has 2 amide bonds. The number of aliphatic carboxylic acids is 1. The average molecular weight is 348 g/mol. The highest BCUT2D eigenvalue weighted by molar-refractivity contribution is 5.86. The van der Waals surface area contributed by atoms with Crippen LogP contribution in [-0.4, -0.2) is 35.7 Å². The van der Waals surface area contributed by atoms with Crippen molar-refractivity contribution in [1.82, 2.24) is 10.6 Å². The number of ether oxygens (including phenoxy) is 1. The summed E-state index contributed by atoms with van der Waals surface area (Å²) in [5, 5.41) is 14.2. The minimum Gasteiger partial charge on any atom is -0.480 e. The quantitative estimate of drug-likeness (QED) is 0.699. The zero-order valence-electron chi connectivity index (χ0n) is 14.1. The summed E-state index contributed by atoms with van der Waals surface area (Å²) in [7, 11) is 0. The molecule has 0 radical (unpaired) electrons. The third-order valence-electron chi connectivity index (χ3n) is 4.31. The van der Waals surface area contributed by atoms with Gasteiger partial charge in [0.05, 0.1) is 0 Å². The summed E-state index contributed by atoms with van der Waals surface area (Å²) in [6, 6.07) is 8.26. The number of hydrogen-bond acceptors (Lipinski definition) is 4. The Kier molecular flexibility index (Phi) is 7.25. The first kappa shape index (κ1) is 18.8. The van der Waals surface area contributed by atoms with Gasteiger partial charge in [0, 0.05) is 0 Å². The van der Waals surface area contributed by atoms with Gasteiger partial charge in [-0.15, -0.1) is 0 Å². The van der Waals surface area contributed by atoms with Crippen LogP contribution in [0, 0.1) is 5.92 Å². The van der Waals surface area contributed by atoms with Gasteiger partial charge in [-0.05, 0) is 24.3 Å². The van der Waals surface area contributed by atoms with Crippen LogP contribution in [0.4, 0.5) is 4.79 Å². The SMILES string of the molecule is O=C(CNC(=O)OCc1ccccc1)N[C@H](C(=O)O)C1CCCCC1. The van der Waals surface area contributed by atoms with Gasteiger partial charge < -0.3 is 20.5 Å². The number of carboxylic acids is 1. The van der Waals surface area contributed by atoms with Crippen LogP contribution in [0.3, 0.4) is 0 Å². The number of carboxylic acid groups (broad SMARTS) is 1. The van der Waals surface area contributed by atoms with Crippen molar-refractivity contribution in [1.29, 1.82) is 0 Å². The second kappa shape index (κ2) is 9.66. The van der Waals surface area contributed by atoms with Crippen LogP contribution in [0.25, 0.3) is 0 Å². The normalized spacial score (nSPS) is 15.8. The number of amides is 2. The molecule has 0 spiro atoms. The maximum absolute atomic E-state index is 11.9. The molecule has 7 heteroatoms. The van der Waals surface area contributed by atoms with Crippen molar-refractivity contribution in [2.75, 3.05) is 6.54 Å². The minimum atomic E-state index is -1.04. The Labute approximate surface area is 146 Å². The van der Waals surface area contributed by atoms with E-state index in [1.54, 1.807) is 0 Å². The molecule has 0 aromatic heterocycles. The molecule has 1 atom stereocenters. The van der Waals surface area contributed by atoms with E-state index in [4.69, 9.17) is 4.74 Å². The van der Waals surface area contributed by atoms with Crippen LogP contribution < -0.4 is 10.6 Å². The van der Waals surface area contributed by atoms with E-state index in [2.05, 4.69) is 10.6 Å². The Morgan fingerprint density at radius 1 is 1.12 bits per heavy atom. The fourth-order valence-corrected chi connectivity index (χ4v) is 3.00. The van der Waals surface area contributed by atoms with Crippen molar-refractivity contribution >= 4 is 18.0 Å². The molecule has 7 nitrogen and oxygen atoms in total. The number of rotatable bonds is 7. The Bertz CT molecular complexity index is 584. The van der Waals surface area contributed by atoms with Gasteiger partial charge in [0.25, 0.3) is 0 Å². The second-order valence-corrected chi connectivity index (χ2v) is 6.20. The highest BCUT2D eigenvalue weighted by atomic mass is 16.5. The number of carbonyl (C=O) groups excluding carboxylic acids is 2. The van der Waals surface area contributed by atoms with Crippen LogP contribution in [0.2, 0.25) is 0 Å². The lowest BCUT2D eigenvalue weighted by Crippen LogP contribution is -2.49. The topological polar surface area (TPSA) is 105 Å². The summed E-state index contributed by atoms with van der Waals surface area (Å²) in [6.45, 7) is -0.210. The number of hydrogen-bond donors (Lipinski definition) is 3. The number of carbonyl (C=O) groups is 3. The molecular formula is C18H24N2O5. The first-order valence-corrected chi connectivity index (χ1v) is 8.53. The third kappa shape index (κ3) is 6.45. The van der Waals surface area contributed by atoms with E-state index < -0.39 is 24.0 Å². The third-order valence-corrected chi connectivity index (χ3v) is 4.31. The first-order chi connectivity index (χ1) is 12.1. The predicted molar refractivity (Wildman–Crippen MR) is 90.8 cm³/mol. The van der Waals surface area contributed by atoms with Gasteiger partial charge in [0.2, 0.25) is 5.91 Å². The molecule has 0 saturated heterocycles. The Balaban J connectivity index is 1.72. The summed E-state index contributed by atoms with van der Waals surface area (Å²) in [5.41, 5.74) is 0.838. The minimum absolute atomic E-state index is 0.0553. The number of alkyl carbamates (subject to hydrolysis) is 1. The van der Waals surface area contributed by atoms with E-state index in [9.17, 15) is 19.5 Å². The van der Waals surface area contributed by atoms with Crippen molar-refractivity contribution in [3.63, 3.8) is 0 Å². The van der Waals surface area contributed by atoms with E-state index in [0.717, 1.165) is 37.7 Å². The monoisotopic (exact) mass is 348 g/mol. The van der Waals surface area contributed by atoms with E-state index in [1.807, 2.05) is 30.3 Å². The van der Waals surface area contributed by atoms with Crippen molar-refractivity contribution in [3.8, 4) is 0 Å². The fourth-order valence-electron chi connectivity index (χ4n) is 3.00. The molecule has 25 heavy (non-hydrogen) atoms. The Morgan fingerprint density at radius 3 is 2.44 bits per heavy atom. The maximum Gasteiger partial charge on any atom is 0.407 e. The van der Waals surface area contributed by atoms with Gasteiger partial charge in [-0.3, -0.25) is 4.79 Å². The lowest BCUT2D eigenvalue weighted by Gasteiger charge is -2.28. The van der Waals surface area contributed by atoms with Crippen molar-refractivity contribution in [2.45, 2.75) is 44.8 Å². The summed E-state index contributed by atoms with van der Waals surface area (Å²) >= 11 is 0. The lowest BCUT2D eigenvalue weighted by atomic mass is 9.84. The van der Waals surface area contributed by atoms with Gasteiger partial charge in [-0.2, -0.15) is 0 Å². The van der Waals surface area contributed by atoms with Crippen LogP contribution in [0.15, 0.2) is 30.3 Å². The summed E-state index contributed by atoms with van der Waals surface area (Å²) in [5.74, 6) is -1.62. The number of benzene rings is 1. The Morgan fingerprint density at radius 2 is 1.80 bits per heavy atom. The van der Waals surface area contributed by atoms with Gasteiger partial charge >= 0.3 is 12.1 Å². The predicted octanol–water partition coefficient (Wildman–Crippen LogP) is 2.06. The largest absolute Gasteiger partial charge is 0.480 e. The molecule has 0 bridgehead atoms. The molecule has 1 saturated carbocycles. The maximum atomic E-state index is 11.9. The molecule has 136 valence electrons. The highest BCUT2D eigenvalue weighted by Crippen LogP contribution is 2.26. The standard InChI is InChI=1S/C18H24N2O5/c21-15(20-16(17(22)23)14-9-5-2-6-10-14)11-19-18(24)25-12-13-7-3-1-4-8-13/h1,3-4,7-8,14,16H,2,5-6,9-12H2,(H,19,24)(H,20,21)(H,22,23)/t16-/m0/s1. The van der Waals surface area contributed by atoms with Crippen LogP contribution in [0.1, 0.15) is 37.7 Å². The summed E-state index contributed by atoms with van der Waals surface area (Å²) < 4.78 is 5.00. The van der Waals surface area contributed by atoms with Crippen LogP contribution >= 0.6 is 0 Å². The molecule has 0 unspecified atom stereocenters. The van der Waals surface area contributed by atoms with Crippen LogP contribution in [-0.2, 0) is 20.9 Å². The summed E-state index contributed by atoms with van der Waals surface area (Å²) in [4.78, 5) is 35.0. The second-order valence-electron chi connectivity index (χ2n) is 6.20. The molecule has 1 aliphatic rings. The average Bonchev–Trinajstić information content (AvgIpc) is 2.64. The van der Waals surface area contributed by atoms with Crippen molar-refractivity contribution < 1.29 is 24.2 Å². The molecule has 0 heterocycles. The van der Waals surface area contributed by atoms with E-state index >= 15 is 0 Å². The van der Waals surface area contributed by atoms with E-state index in [-0.39, 0.29) is 19.1 Å². The fraction of sp³-hybridized carbons (Fsp3) is 0.500. The molecule has 1 aromatic rings. The van der Waals surface area contributed by atoms with E-state index in [1.165, 1.54) is 0 Å². The van der Waals surface area contributed by atoms with Gasteiger partial charge in [0.1, 0.15) is 19.2 Å². The van der Waals surface area contributed by atoms with Gasteiger partial charge in [-0.1, -0.05) is 49.6 Å². The van der Waals surface area contributed by atoms with Gasteiger partial charge in [-0.25, -0.2) is 9.59 Å². The van der Waals surface area contributed by atoms with Crippen LogP contribution in [0.5, 0.6) is 0 Å².